The molecule has 3 N–H and O–H groups in total. The fraction of sp³-hybridized carbons (Fsp3) is 0.0435. The zero-order valence-corrected chi connectivity index (χ0v) is 17.9. The highest BCUT2D eigenvalue weighted by atomic mass is 35.5. The van der Waals surface area contributed by atoms with Gasteiger partial charge in [-0.15, -0.1) is 0 Å². The van der Waals surface area contributed by atoms with Crippen LogP contribution < -0.4 is 15.8 Å². The fourth-order valence-corrected chi connectivity index (χ4v) is 3.18. The number of ether oxygens (including phenoxy) is 1. The third-order valence-corrected chi connectivity index (χ3v) is 4.72. The molecule has 3 aromatic rings. The molecule has 0 aliphatic rings. The molecule has 3 aromatic carbocycles. The van der Waals surface area contributed by atoms with Crippen molar-refractivity contribution in [2.45, 2.75) is 0 Å². The summed E-state index contributed by atoms with van der Waals surface area (Å²) in [5.41, 5.74) is 7.86. The highest BCUT2D eigenvalue weighted by Gasteiger charge is 2.10. The summed E-state index contributed by atoms with van der Waals surface area (Å²) >= 11 is 12.2. The quantitative estimate of drug-likeness (QED) is 0.277. The van der Waals surface area contributed by atoms with Gasteiger partial charge in [-0.05, 0) is 54.1 Å². The van der Waals surface area contributed by atoms with Crippen molar-refractivity contribution < 1.29 is 13.9 Å². The first-order chi connectivity index (χ1) is 14.9. The summed E-state index contributed by atoms with van der Waals surface area (Å²) in [6.07, 6.45) is 2.96. The van der Waals surface area contributed by atoms with Crippen molar-refractivity contribution in [3.63, 3.8) is 0 Å². The molecule has 0 saturated heterocycles. The van der Waals surface area contributed by atoms with Crippen molar-refractivity contribution in [3.8, 4) is 5.75 Å². The van der Waals surface area contributed by atoms with Gasteiger partial charge in [0.1, 0.15) is 17.4 Å². The van der Waals surface area contributed by atoms with Crippen molar-refractivity contribution in [1.29, 1.82) is 0 Å². The van der Waals surface area contributed by atoms with Gasteiger partial charge >= 0.3 is 0 Å². The van der Waals surface area contributed by atoms with Crippen LogP contribution in [-0.2, 0) is 4.79 Å². The fourth-order valence-electron chi connectivity index (χ4n) is 2.75. The standard InChI is InChI=1S/C23H18Cl2FN3O2/c1-31-21-8-7-16(26)12-19(21)23(27)29-18-11-15(24)10-17(13-18)28-22(30)9-6-14-4-2-3-5-20(14)25/h2-13H,1H3,(H2,27,29)(H,28,30)/b9-6+. The van der Waals surface area contributed by atoms with E-state index in [0.29, 0.717) is 38.3 Å². The predicted octanol–water partition coefficient (Wildman–Crippen LogP) is 5.83. The van der Waals surface area contributed by atoms with Crippen molar-refractivity contribution in [1.82, 2.24) is 0 Å². The van der Waals surface area contributed by atoms with Crippen LogP contribution in [0.4, 0.5) is 15.8 Å². The van der Waals surface area contributed by atoms with E-state index in [1.54, 1.807) is 42.5 Å². The number of amidine groups is 1. The van der Waals surface area contributed by atoms with Crippen LogP contribution >= 0.6 is 23.2 Å². The van der Waals surface area contributed by atoms with Crippen molar-refractivity contribution >= 4 is 52.4 Å². The average molecular weight is 458 g/mol. The first-order valence-corrected chi connectivity index (χ1v) is 9.83. The lowest BCUT2D eigenvalue weighted by Gasteiger charge is -2.09. The van der Waals surface area contributed by atoms with E-state index in [1.165, 1.54) is 31.4 Å². The highest BCUT2D eigenvalue weighted by molar-refractivity contribution is 6.32. The van der Waals surface area contributed by atoms with Crippen molar-refractivity contribution in [2.24, 2.45) is 10.7 Å². The highest BCUT2D eigenvalue weighted by Crippen LogP contribution is 2.27. The summed E-state index contributed by atoms with van der Waals surface area (Å²) in [6.45, 7) is 0. The largest absolute Gasteiger partial charge is 0.496 e. The molecule has 0 saturated carbocycles. The Morgan fingerprint density at radius 2 is 1.90 bits per heavy atom. The smallest absolute Gasteiger partial charge is 0.248 e. The topological polar surface area (TPSA) is 76.7 Å². The lowest BCUT2D eigenvalue weighted by atomic mass is 10.1. The van der Waals surface area contributed by atoms with Crippen LogP contribution in [0.25, 0.3) is 6.08 Å². The molecule has 31 heavy (non-hydrogen) atoms. The Kier molecular flexibility index (Phi) is 7.28. The molecule has 3 rings (SSSR count). The number of hydrogen-bond donors (Lipinski definition) is 2. The van der Waals surface area contributed by atoms with Crippen LogP contribution in [0.2, 0.25) is 10.0 Å². The summed E-state index contributed by atoms with van der Waals surface area (Å²) in [6, 6.07) is 15.8. The predicted molar refractivity (Wildman–Crippen MR) is 124 cm³/mol. The second kappa shape index (κ2) is 10.1. The number of carbonyl (C=O) groups is 1. The van der Waals surface area contributed by atoms with Gasteiger partial charge in [-0.3, -0.25) is 4.79 Å². The average Bonchev–Trinajstić information content (AvgIpc) is 2.72. The van der Waals surface area contributed by atoms with Crippen LogP contribution in [-0.4, -0.2) is 18.9 Å². The maximum Gasteiger partial charge on any atom is 0.248 e. The molecule has 0 aliphatic heterocycles. The molecule has 0 fully saturated rings. The Bertz CT molecular complexity index is 1180. The van der Waals surface area contributed by atoms with Gasteiger partial charge in [0.05, 0.1) is 18.4 Å². The van der Waals surface area contributed by atoms with Crippen LogP contribution in [0.1, 0.15) is 11.1 Å². The van der Waals surface area contributed by atoms with E-state index in [2.05, 4.69) is 10.3 Å². The monoisotopic (exact) mass is 457 g/mol. The molecule has 0 aromatic heterocycles. The van der Waals surface area contributed by atoms with E-state index in [4.69, 9.17) is 33.7 Å². The molecule has 0 unspecified atom stereocenters. The minimum atomic E-state index is -0.474. The molecule has 0 radical (unpaired) electrons. The molecule has 0 atom stereocenters. The minimum Gasteiger partial charge on any atom is -0.496 e. The molecular weight excluding hydrogens is 440 g/mol. The van der Waals surface area contributed by atoms with Crippen LogP contribution in [0.15, 0.2) is 71.7 Å². The Morgan fingerprint density at radius 3 is 2.65 bits per heavy atom. The normalized spacial score (nSPS) is 11.5. The molecule has 5 nitrogen and oxygen atoms in total. The third-order valence-electron chi connectivity index (χ3n) is 4.16. The zero-order chi connectivity index (χ0) is 22.4. The van der Waals surface area contributed by atoms with Gasteiger partial charge in [-0.2, -0.15) is 0 Å². The number of nitrogens with one attached hydrogen (secondary N) is 1. The third kappa shape index (κ3) is 6.07. The van der Waals surface area contributed by atoms with Crippen molar-refractivity contribution in [2.75, 3.05) is 12.4 Å². The first-order valence-electron chi connectivity index (χ1n) is 9.08. The van der Waals surface area contributed by atoms with Gasteiger partial charge in [-0.25, -0.2) is 9.38 Å². The van der Waals surface area contributed by atoms with Crippen LogP contribution in [0.5, 0.6) is 5.75 Å². The maximum absolute atomic E-state index is 13.6. The lowest BCUT2D eigenvalue weighted by molar-refractivity contribution is -0.111. The van der Waals surface area contributed by atoms with Gasteiger partial charge in [-0.1, -0.05) is 41.4 Å². The van der Waals surface area contributed by atoms with Crippen molar-refractivity contribution in [3.05, 3.63) is 93.7 Å². The number of amides is 1. The number of aliphatic imine (C=N–C) groups is 1. The molecule has 0 spiro atoms. The number of benzene rings is 3. The van der Waals surface area contributed by atoms with E-state index in [9.17, 15) is 9.18 Å². The molecular formula is C23H18Cl2FN3O2. The summed E-state index contributed by atoms with van der Waals surface area (Å²) in [5, 5.41) is 3.58. The first kappa shape index (κ1) is 22.3. The summed E-state index contributed by atoms with van der Waals surface area (Å²) < 4.78 is 18.8. The number of anilines is 1. The Morgan fingerprint density at radius 1 is 1.13 bits per heavy atom. The number of carbonyl (C=O) groups excluding carboxylic acids is 1. The molecule has 0 heterocycles. The van der Waals surface area contributed by atoms with Crippen LogP contribution in [0, 0.1) is 5.82 Å². The molecule has 1 amide bonds. The Hall–Kier alpha value is -3.35. The second-order valence-corrected chi connectivity index (χ2v) is 7.23. The van der Waals surface area contributed by atoms with E-state index >= 15 is 0 Å². The number of methoxy groups -OCH3 is 1. The molecule has 158 valence electrons. The minimum absolute atomic E-state index is 0.0366. The maximum atomic E-state index is 13.6. The SMILES string of the molecule is COc1ccc(F)cc1C(N)=Nc1cc(Cl)cc(NC(=O)/C=C/c2ccccc2Cl)c1. The van der Waals surface area contributed by atoms with Gasteiger partial charge in [0.2, 0.25) is 5.91 Å². The Balaban J connectivity index is 1.82. The van der Waals surface area contributed by atoms with E-state index in [0.717, 1.165) is 0 Å². The number of hydrogen-bond acceptors (Lipinski definition) is 3. The van der Waals surface area contributed by atoms with Gasteiger partial charge in [0.15, 0.2) is 0 Å². The summed E-state index contributed by atoms with van der Waals surface area (Å²) in [5.74, 6) is -0.437. The second-order valence-electron chi connectivity index (χ2n) is 6.38. The van der Waals surface area contributed by atoms with E-state index in [-0.39, 0.29) is 11.7 Å². The molecule has 8 heteroatoms. The van der Waals surface area contributed by atoms with Crippen LogP contribution in [0.3, 0.4) is 0 Å². The number of nitrogens with zero attached hydrogens (tertiary/aromatic N) is 1. The number of halogens is 3. The zero-order valence-electron chi connectivity index (χ0n) is 16.4. The number of rotatable bonds is 6. The lowest BCUT2D eigenvalue weighted by Crippen LogP contribution is -2.14. The van der Waals surface area contributed by atoms with Gasteiger partial charge in [0, 0.05) is 21.8 Å². The molecule has 0 aliphatic carbocycles. The van der Waals surface area contributed by atoms with E-state index < -0.39 is 5.82 Å². The van der Waals surface area contributed by atoms with Gasteiger partial charge in [0.25, 0.3) is 0 Å². The van der Waals surface area contributed by atoms with Gasteiger partial charge < -0.3 is 15.8 Å². The Labute approximate surface area is 189 Å². The summed E-state index contributed by atoms with van der Waals surface area (Å²) in [7, 11) is 1.45. The van der Waals surface area contributed by atoms with E-state index in [1.807, 2.05) is 6.07 Å². The number of nitrogens with two attached hydrogens (primary N) is 1. The molecule has 0 bridgehead atoms. The summed E-state index contributed by atoms with van der Waals surface area (Å²) in [4.78, 5) is 16.6.